The molecule has 0 fully saturated rings. The van der Waals surface area contributed by atoms with Crippen LogP contribution in [-0.4, -0.2) is 6.61 Å². The number of allylic oxidation sites excluding steroid dienone is 1. The summed E-state index contributed by atoms with van der Waals surface area (Å²) in [7, 11) is 0. The van der Waals surface area contributed by atoms with Crippen LogP contribution in [0.15, 0.2) is 30.0 Å². The number of hydrogen-bond acceptors (Lipinski definition) is 2. The largest absolute Gasteiger partial charge is 1.00 e. The smallest absolute Gasteiger partial charge is 0.266 e. The van der Waals surface area contributed by atoms with E-state index in [9.17, 15) is 0 Å². The number of thiazole rings is 1. The number of ether oxygens (including phenoxy) is 1. The first-order chi connectivity index (χ1) is 8.26. The molecule has 0 aliphatic heterocycles. The number of aromatic nitrogens is 1. The van der Waals surface area contributed by atoms with Crippen molar-refractivity contribution in [2.45, 2.75) is 27.3 Å². The summed E-state index contributed by atoms with van der Waals surface area (Å²) in [6.45, 7) is 7.89. The highest BCUT2D eigenvalue weighted by Crippen LogP contribution is 2.22. The average molecular weight is 375 g/mol. The summed E-state index contributed by atoms with van der Waals surface area (Å²) >= 11 is 1.81. The van der Waals surface area contributed by atoms with Crippen LogP contribution in [0.2, 0.25) is 0 Å². The zero-order valence-electron chi connectivity index (χ0n) is 10.9. The number of rotatable bonds is 4. The quantitative estimate of drug-likeness (QED) is 0.434. The van der Waals surface area contributed by atoms with Crippen LogP contribution in [0.25, 0.3) is 16.3 Å². The molecule has 2 rings (SSSR count). The Morgan fingerprint density at radius 2 is 2.06 bits per heavy atom. The van der Waals surface area contributed by atoms with E-state index in [0.717, 1.165) is 18.9 Å². The van der Waals surface area contributed by atoms with Crippen LogP contribution in [0.5, 0.6) is 0 Å². The zero-order chi connectivity index (χ0) is 12.3. The summed E-state index contributed by atoms with van der Waals surface area (Å²) < 4.78 is 9.14. The second-order valence-corrected chi connectivity index (χ2v) is 4.90. The van der Waals surface area contributed by atoms with Gasteiger partial charge in [0.2, 0.25) is 5.52 Å². The maximum atomic E-state index is 5.50. The van der Waals surface area contributed by atoms with E-state index in [-0.39, 0.29) is 24.0 Å². The van der Waals surface area contributed by atoms with Crippen LogP contribution in [0.4, 0.5) is 0 Å². The maximum Gasteiger partial charge on any atom is 0.266 e. The SMILES string of the molecule is CCO/C(C)=C/c1sc2ccccc2[n+]1CC.[I-]. The Labute approximate surface area is 129 Å². The number of para-hydroxylation sites is 1. The Morgan fingerprint density at radius 3 is 2.72 bits per heavy atom. The lowest BCUT2D eigenvalue weighted by molar-refractivity contribution is -0.665. The number of halogens is 1. The first-order valence-electron chi connectivity index (χ1n) is 5.98. The molecule has 0 saturated carbocycles. The molecule has 18 heavy (non-hydrogen) atoms. The lowest BCUT2D eigenvalue weighted by Crippen LogP contribution is -3.00. The fraction of sp³-hybridized carbons (Fsp3) is 0.357. The van der Waals surface area contributed by atoms with Crippen molar-refractivity contribution in [2.75, 3.05) is 6.61 Å². The molecule has 1 heterocycles. The van der Waals surface area contributed by atoms with E-state index in [1.54, 1.807) is 0 Å². The monoisotopic (exact) mass is 375 g/mol. The summed E-state index contributed by atoms with van der Waals surface area (Å²) in [4.78, 5) is 0. The number of hydrogen-bond donors (Lipinski definition) is 0. The molecule has 2 nitrogen and oxygen atoms in total. The van der Waals surface area contributed by atoms with Gasteiger partial charge in [0, 0.05) is 6.07 Å². The lowest BCUT2D eigenvalue weighted by Gasteiger charge is -1.99. The Morgan fingerprint density at radius 1 is 1.33 bits per heavy atom. The van der Waals surface area contributed by atoms with Crippen molar-refractivity contribution in [1.82, 2.24) is 0 Å². The van der Waals surface area contributed by atoms with Gasteiger partial charge in [-0.3, -0.25) is 0 Å². The number of aryl methyl sites for hydroxylation is 1. The summed E-state index contributed by atoms with van der Waals surface area (Å²) in [6.07, 6.45) is 2.12. The molecule has 1 aromatic carbocycles. The van der Waals surface area contributed by atoms with Crippen LogP contribution < -0.4 is 28.5 Å². The molecular weight excluding hydrogens is 357 g/mol. The molecule has 0 atom stereocenters. The van der Waals surface area contributed by atoms with Crippen LogP contribution in [0, 0.1) is 0 Å². The third-order valence-corrected chi connectivity index (χ3v) is 3.76. The van der Waals surface area contributed by atoms with E-state index >= 15 is 0 Å². The molecule has 98 valence electrons. The molecule has 0 bridgehead atoms. The van der Waals surface area contributed by atoms with Crippen LogP contribution in [-0.2, 0) is 11.3 Å². The first kappa shape index (κ1) is 15.4. The molecule has 0 spiro atoms. The van der Waals surface area contributed by atoms with Gasteiger partial charge in [0.1, 0.15) is 17.0 Å². The van der Waals surface area contributed by atoms with Gasteiger partial charge in [-0.05, 0) is 26.8 Å². The first-order valence-corrected chi connectivity index (χ1v) is 6.80. The van der Waals surface area contributed by atoms with E-state index in [4.69, 9.17) is 4.74 Å². The average Bonchev–Trinajstić information content (AvgIpc) is 2.66. The van der Waals surface area contributed by atoms with Crippen LogP contribution >= 0.6 is 11.3 Å². The minimum absolute atomic E-state index is 0. The van der Waals surface area contributed by atoms with Gasteiger partial charge in [0.25, 0.3) is 5.01 Å². The molecule has 0 saturated heterocycles. The van der Waals surface area contributed by atoms with E-state index < -0.39 is 0 Å². The van der Waals surface area contributed by atoms with E-state index in [1.165, 1.54) is 15.2 Å². The molecule has 1 aromatic heterocycles. The molecule has 0 amide bonds. The number of benzene rings is 1. The van der Waals surface area contributed by atoms with E-state index in [2.05, 4.69) is 41.8 Å². The van der Waals surface area contributed by atoms with Gasteiger partial charge in [-0.15, -0.1) is 0 Å². The van der Waals surface area contributed by atoms with Crippen molar-refractivity contribution in [1.29, 1.82) is 0 Å². The Hall–Kier alpha value is -0.620. The second kappa shape index (κ2) is 7.09. The van der Waals surface area contributed by atoms with Crippen molar-refractivity contribution in [2.24, 2.45) is 0 Å². The van der Waals surface area contributed by atoms with Gasteiger partial charge in [-0.1, -0.05) is 23.5 Å². The molecule has 0 aliphatic carbocycles. The number of nitrogens with zero attached hydrogens (tertiary/aromatic N) is 1. The van der Waals surface area contributed by atoms with Crippen molar-refractivity contribution in [3.8, 4) is 0 Å². The summed E-state index contributed by atoms with van der Waals surface area (Å²) in [5.74, 6) is 0.973. The van der Waals surface area contributed by atoms with Crippen molar-refractivity contribution in [3.05, 3.63) is 35.0 Å². The Balaban J connectivity index is 0.00000162. The van der Waals surface area contributed by atoms with Crippen molar-refractivity contribution >= 4 is 27.6 Å². The third kappa shape index (κ3) is 3.23. The fourth-order valence-electron chi connectivity index (χ4n) is 1.93. The molecular formula is C14H18INOS. The lowest BCUT2D eigenvalue weighted by atomic mass is 10.3. The molecule has 0 N–H and O–H groups in total. The fourth-order valence-corrected chi connectivity index (χ4v) is 3.15. The van der Waals surface area contributed by atoms with Gasteiger partial charge in [0.15, 0.2) is 0 Å². The predicted molar refractivity (Wildman–Crippen MR) is 73.0 cm³/mol. The summed E-state index contributed by atoms with van der Waals surface area (Å²) in [5, 5.41) is 1.25. The van der Waals surface area contributed by atoms with Crippen molar-refractivity contribution in [3.63, 3.8) is 0 Å². The summed E-state index contributed by atoms with van der Waals surface area (Å²) in [6, 6.07) is 8.51. The molecule has 0 radical (unpaired) electrons. The Kier molecular flexibility index (Phi) is 6.08. The molecule has 2 aromatic rings. The van der Waals surface area contributed by atoms with Crippen LogP contribution in [0.1, 0.15) is 25.8 Å². The van der Waals surface area contributed by atoms with Gasteiger partial charge < -0.3 is 28.7 Å². The minimum atomic E-state index is 0. The maximum absolute atomic E-state index is 5.50. The second-order valence-electron chi connectivity index (χ2n) is 3.84. The van der Waals surface area contributed by atoms with Gasteiger partial charge in [0.05, 0.1) is 12.7 Å². The summed E-state index contributed by atoms with van der Waals surface area (Å²) in [5.41, 5.74) is 1.30. The van der Waals surface area contributed by atoms with E-state index in [0.29, 0.717) is 0 Å². The standard InChI is InChI=1S/C14H18NOS.HI/c1-4-15-12-8-6-7-9-13(12)17-14(15)10-11(3)16-5-2;/h6-10H,4-5H2,1-3H3;1H/q+1;/p-1/b11-10+;. The highest BCUT2D eigenvalue weighted by Gasteiger charge is 2.16. The normalized spacial score (nSPS) is 11.4. The van der Waals surface area contributed by atoms with Gasteiger partial charge in [-0.25, -0.2) is 0 Å². The number of fused-ring (bicyclic) bond motifs is 1. The van der Waals surface area contributed by atoms with E-state index in [1.807, 2.05) is 25.2 Å². The highest BCUT2D eigenvalue weighted by atomic mass is 127. The highest BCUT2D eigenvalue weighted by molar-refractivity contribution is 7.18. The predicted octanol–water partition coefficient (Wildman–Crippen LogP) is 0.610. The topological polar surface area (TPSA) is 13.1 Å². The minimum Gasteiger partial charge on any atom is -1.00 e. The molecule has 4 heteroatoms. The van der Waals surface area contributed by atoms with Gasteiger partial charge >= 0.3 is 0 Å². The molecule has 0 unspecified atom stereocenters. The zero-order valence-corrected chi connectivity index (χ0v) is 13.9. The molecule has 0 aliphatic rings. The Bertz CT molecular complexity index is 548. The van der Waals surface area contributed by atoms with Crippen LogP contribution in [0.3, 0.4) is 0 Å². The van der Waals surface area contributed by atoms with Gasteiger partial charge in [-0.2, -0.15) is 4.57 Å². The van der Waals surface area contributed by atoms with Crippen molar-refractivity contribution < 1.29 is 33.3 Å². The third-order valence-electron chi connectivity index (χ3n) is 2.65.